The number of nitrogens with two attached hydrogens (primary N) is 1. The fraction of sp³-hybridized carbons (Fsp3) is 0.294. The van der Waals surface area contributed by atoms with Crippen molar-refractivity contribution >= 4 is 23.2 Å². The maximum absolute atomic E-state index is 12.9. The van der Waals surface area contributed by atoms with E-state index in [1.54, 1.807) is 4.90 Å². The number of Topliss-reactive ketones (excluding diaryl/α,β-unsaturated/α-hetero) is 1. The number of ether oxygens (including phenoxy) is 1. The van der Waals surface area contributed by atoms with Gasteiger partial charge in [0, 0.05) is 18.5 Å². The van der Waals surface area contributed by atoms with Crippen molar-refractivity contribution in [3.63, 3.8) is 0 Å². The third kappa shape index (κ3) is 2.38. The Morgan fingerprint density at radius 3 is 2.88 bits per heavy atom. The molecule has 2 aromatic rings. The maximum Gasteiger partial charge on any atom is 0.267 e. The van der Waals surface area contributed by atoms with E-state index in [1.807, 2.05) is 18.2 Å². The Morgan fingerprint density at radius 1 is 1.12 bits per heavy atom. The van der Waals surface area contributed by atoms with E-state index in [4.69, 9.17) is 10.5 Å². The maximum atomic E-state index is 12.9. The molecule has 1 aromatic carbocycles. The molecule has 0 spiro atoms. The first-order chi connectivity index (χ1) is 11.6. The molecule has 122 valence electrons. The monoisotopic (exact) mass is 324 g/mol. The Balaban J connectivity index is 1.73. The summed E-state index contributed by atoms with van der Waals surface area (Å²) in [5.41, 5.74) is 8.97. The number of hydrogen-bond acceptors (Lipinski definition) is 6. The minimum Gasteiger partial charge on any atom is -0.475 e. The molecule has 7 heteroatoms. The average Bonchev–Trinajstić information content (AvgIpc) is 2.74. The Labute approximate surface area is 138 Å². The zero-order valence-corrected chi connectivity index (χ0v) is 13.0. The zero-order valence-electron chi connectivity index (χ0n) is 13.0. The minimum atomic E-state index is -0.271. The van der Waals surface area contributed by atoms with E-state index in [-0.39, 0.29) is 29.0 Å². The van der Waals surface area contributed by atoms with Crippen molar-refractivity contribution in [2.45, 2.75) is 19.3 Å². The van der Waals surface area contributed by atoms with E-state index >= 15 is 0 Å². The number of nitrogens with zero attached hydrogens (tertiary/aromatic N) is 3. The van der Waals surface area contributed by atoms with Gasteiger partial charge < -0.3 is 15.4 Å². The van der Waals surface area contributed by atoms with Gasteiger partial charge in [-0.1, -0.05) is 6.07 Å². The fourth-order valence-electron chi connectivity index (χ4n) is 3.17. The van der Waals surface area contributed by atoms with E-state index in [0.29, 0.717) is 32.4 Å². The lowest BCUT2D eigenvalue weighted by Gasteiger charge is -2.23. The lowest BCUT2D eigenvalue weighted by atomic mass is 9.90. The van der Waals surface area contributed by atoms with Crippen LogP contribution in [0.25, 0.3) is 0 Å². The Hall–Kier alpha value is -2.96. The topological polar surface area (TPSA) is 98.4 Å². The summed E-state index contributed by atoms with van der Waals surface area (Å²) in [4.78, 5) is 34.0. The smallest absolute Gasteiger partial charge is 0.267 e. The predicted octanol–water partition coefficient (Wildman–Crippen LogP) is 1.16. The van der Waals surface area contributed by atoms with Gasteiger partial charge in [0.2, 0.25) is 5.88 Å². The Morgan fingerprint density at radius 2 is 2.00 bits per heavy atom. The van der Waals surface area contributed by atoms with Crippen LogP contribution in [0.2, 0.25) is 0 Å². The number of aryl methyl sites for hydroxylation is 1. The molecule has 4 rings (SSSR count). The third-order valence-corrected chi connectivity index (χ3v) is 4.42. The zero-order chi connectivity index (χ0) is 16.7. The van der Waals surface area contributed by atoms with Gasteiger partial charge in [-0.2, -0.15) is 0 Å². The van der Waals surface area contributed by atoms with Crippen molar-refractivity contribution in [3.05, 3.63) is 41.2 Å². The third-order valence-electron chi connectivity index (χ3n) is 4.42. The molecule has 1 amide bonds. The second-order valence-electron chi connectivity index (χ2n) is 5.91. The van der Waals surface area contributed by atoms with Gasteiger partial charge in [0.25, 0.3) is 5.91 Å². The molecule has 0 unspecified atom stereocenters. The summed E-state index contributed by atoms with van der Waals surface area (Å²) in [6, 6.07) is 5.76. The average molecular weight is 324 g/mol. The molecule has 0 saturated heterocycles. The van der Waals surface area contributed by atoms with Crippen LogP contribution in [0.3, 0.4) is 0 Å². The molecular weight excluding hydrogens is 308 g/mol. The molecule has 1 aromatic heterocycles. The van der Waals surface area contributed by atoms with Crippen molar-refractivity contribution in [3.8, 4) is 5.88 Å². The Kier molecular flexibility index (Phi) is 3.41. The van der Waals surface area contributed by atoms with Crippen LogP contribution in [0, 0.1) is 0 Å². The highest BCUT2D eigenvalue weighted by Crippen LogP contribution is 2.30. The van der Waals surface area contributed by atoms with Crippen molar-refractivity contribution in [1.29, 1.82) is 0 Å². The van der Waals surface area contributed by atoms with Crippen molar-refractivity contribution in [2.24, 2.45) is 0 Å². The molecule has 0 fully saturated rings. The highest BCUT2D eigenvalue weighted by atomic mass is 16.5. The second kappa shape index (κ2) is 5.59. The van der Waals surface area contributed by atoms with Crippen LogP contribution in [-0.4, -0.2) is 34.8 Å². The molecule has 24 heavy (non-hydrogen) atoms. The molecule has 7 nitrogen and oxygen atoms in total. The molecule has 2 heterocycles. The number of hydrogen-bond donors (Lipinski definition) is 1. The molecule has 1 aliphatic carbocycles. The summed E-state index contributed by atoms with van der Waals surface area (Å²) in [6.45, 7) is 0.719. The van der Waals surface area contributed by atoms with E-state index in [9.17, 15) is 9.59 Å². The number of benzene rings is 1. The number of carbonyl (C=O) groups excluding carboxylic acids is 2. The van der Waals surface area contributed by atoms with Crippen LogP contribution >= 0.6 is 0 Å². The lowest BCUT2D eigenvalue weighted by Crippen LogP contribution is -2.33. The first-order valence-electron chi connectivity index (χ1n) is 7.82. The minimum absolute atomic E-state index is 0.112. The second-order valence-corrected chi connectivity index (χ2v) is 5.91. The van der Waals surface area contributed by atoms with Gasteiger partial charge in [-0.15, -0.1) is 0 Å². The predicted molar refractivity (Wildman–Crippen MR) is 87.1 cm³/mol. The number of amides is 1. The van der Waals surface area contributed by atoms with Crippen molar-refractivity contribution in [1.82, 2.24) is 9.97 Å². The van der Waals surface area contributed by atoms with Crippen molar-refractivity contribution < 1.29 is 14.3 Å². The number of aromatic nitrogens is 2. The standard InChI is InChI=1S/C17H16N4O3/c18-15-14-16(20-9-19-15)24-6-5-21(17(14)23)12-3-1-11-8-13(22)4-2-10(11)7-12/h1,3,7,9H,2,4-6,8H2,(H2,18,19,20). The number of ketones is 1. The van der Waals surface area contributed by atoms with Gasteiger partial charge in [0.15, 0.2) is 0 Å². The Bertz CT molecular complexity index is 850. The number of rotatable bonds is 1. The summed E-state index contributed by atoms with van der Waals surface area (Å²) in [6.07, 6.45) is 3.02. The fourth-order valence-corrected chi connectivity index (χ4v) is 3.17. The summed E-state index contributed by atoms with van der Waals surface area (Å²) >= 11 is 0. The molecule has 0 bridgehead atoms. The lowest BCUT2D eigenvalue weighted by molar-refractivity contribution is -0.118. The quantitative estimate of drug-likeness (QED) is 0.845. The van der Waals surface area contributed by atoms with Crippen LogP contribution in [-0.2, 0) is 17.6 Å². The van der Waals surface area contributed by atoms with Crippen LogP contribution in [0.4, 0.5) is 11.5 Å². The van der Waals surface area contributed by atoms with Gasteiger partial charge in [-0.3, -0.25) is 9.59 Å². The molecular formula is C17H16N4O3. The van der Waals surface area contributed by atoms with Crippen LogP contribution in [0.15, 0.2) is 24.5 Å². The molecule has 2 N–H and O–H groups in total. The number of nitrogen functional groups attached to an aromatic ring is 1. The van der Waals surface area contributed by atoms with Gasteiger partial charge in [0.1, 0.15) is 30.1 Å². The largest absolute Gasteiger partial charge is 0.475 e. The molecule has 0 saturated carbocycles. The van der Waals surface area contributed by atoms with Crippen LogP contribution in [0.5, 0.6) is 5.88 Å². The van der Waals surface area contributed by atoms with Crippen LogP contribution < -0.4 is 15.4 Å². The molecule has 2 aliphatic rings. The van der Waals surface area contributed by atoms with Gasteiger partial charge in [0.05, 0.1) is 6.54 Å². The molecule has 0 radical (unpaired) electrons. The molecule has 0 atom stereocenters. The van der Waals surface area contributed by atoms with Gasteiger partial charge >= 0.3 is 0 Å². The first kappa shape index (κ1) is 14.6. The highest BCUT2D eigenvalue weighted by Gasteiger charge is 2.29. The SMILES string of the molecule is Nc1ncnc2c1C(=O)N(c1ccc3c(c1)CCC(=O)C3)CCO2. The van der Waals surface area contributed by atoms with E-state index in [0.717, 1.165) is 16.8 Å². The number of fused-ring (bicyclic) bond motifs is 2. The summed E-state index contributed by atoms with van der Waals surface area (Å²) in [5.74, 6) is 0.319. The van der Waals surface area contributed by atoms with Gasteiger partial charge in [-0.25, -0.2) is 9.97 Å². The van der Waals surface area contributed by atoms with Gasteiger partial charge in [-0.05, 0) is 29.7 Å². The van der Waals surface area contributed by atoms with E-state index < -0.39 is 0 Å². The first-order valence-corrected chi connectivity index (χ1v) is 7.82. The van der Waals surface area contributed by atoms with E-state index in [2.05, 4.69) is 9.97 Å². The molecule has 1 aliphatic heterocycles. The van der Waals surface area contributed by atoms with E-state index in [1.165, 1.54) is 6.33 Å². The normalized spacial score (nSPS) is 16.9. The number of anilines is 2. The summed E-state index contributed by atoms with van der Waals surface area (Å²) in [5, 5.41) is 0. The summed E-state index contributed by atoms with van der Waals surface area (Å²) in [7, 11) is 0. The van der Waals surface area contributed by atoms with Crippen molar-refractivity contribution in [2.75, 3.05) is 23.8 Å². The number of carbonyl (C=O) groups is 2. The van der Waals surface area contributed by atoms with Crippen LogP contribution in [0.1, 0.15) is 27.9 Å². The summed E-state index contributed by atoms with van der Waals surface area (Å²) < 4.78 is 5.54. The highest BCUT2D eigenvalue weighted by molar-refractivity contribution is 6.10.